The van der Waals surface area contributed by atoms with Gasteiger partial charge in [0, 0.05) is 24.4 Å². The number of hydrogen-bond donors (Lipinski definition) is 0. The van der Waals surface area contributed by atoms with Crippen LogP contribution in [0.1, 0.15) is 51.5 Å². The summed E-state index contributed by atoms with van der Waals surface area (Å²) in [6.45, 7) is 3.41. The van der Waals surface area contributed by atoms with Crippen molar-refractivity contribution in [3.63, 3.8) is 0 Å². The van der Waals surface area contributed by atoms with Crippen LogP contribution < -0.4 is 4.74 Å². The molecule has 0 atom stereocenters. The highest BCUT2D eigenvalue weighted by Crippen LogP contribution is 2.36. The molecule has 0 aliphatic heterocycles. The van der Waals surface area contributed by atoms with Crippen molar-refractivity contribution in [2.24, 2.45) is 0 Å². The van der Waals surface area contributed by atoms with Crippen LogP contribution in [-0.4, -0.2) is 33.0 Å². The molecule has 1 aliphatic carbocycles. The molecule has 0 radical (unpaired) electrons. The van der Waals surface area contributed by atoms with Gasteiger partial charge in [-0.3, -0.25) is 4.68 Å². The Morgan fingerprint density at radius 3 is 2.80 bits per heavy atom. The predicted molar refractivity (Wildman–Crippen MR) is 97.9 cm³/mol. The molecule has 0 spiro atoms. The molecule has 134 valence electrons. The highest BCUT2D eigenvalue weighted by Gasteiger charge is 2.23. The number of rotatable bonds is 6. The van der Waals surface area contributed by atoms with E-state index in [1.54, 1.807) is 7.11 Å². The molecule has 6 heteroatoms. The summed E-state index contributed by atoms with van der Waals surface area (Å²) in [5.41, 5.74) is 2.09. The lowest BCUT2D eigenvalue weighted by Crippen LogP contribution is -2.14. The van der Waals surface area contributed by atoms with Crippen LogP contribution >= 0.6 is 0 Å². The summed E-state index contributed by atoms with van der Waals surface area (Å²) in [4.78, 5) is 4.66. The van der Waals surface area contributed by atoms with Gasteiger partial charge >= 0.3 is 0 Å². The van der Waals surface area contributed by atoms with Gasteiger partial charge in [-0.05, 0) is 25.3 Å². The Kier molecular flexibility index (Phi) is 4.61. The quantitative estimate of drug-likeness (QED) is 0.627. The maximum atomic E-state index is 5.70. The monoisotopic (exact) mass is 342 g/mol. The van der Waals surface area contributed by atoms with E-state index in [4.69, 9.17) is 14.6 Å². The van der Waals surface area contributed by atoms with Crippen molar-refractivity contribution in [2.75, 3.05) is 13.7 Å². The summed E-state index contributed by atoms with van der Waals surface area (Å²) in [6.07, 6.45) is 11.2. The highest BCUT2D eigenvalue weighted by molar-refractivity contribution is 6.04. The number of ether oxygens (including phenoxy) is 2. The van der Waals surface area contributed by atoms with Gasteiger partial charge in [0.15, 0.2) is 0 Å². The second kappa shape index (κ2) is 7.04. The zero-order valence-electron chi connectivity index (χ0n) is 15.1. The van der Waals surface area contributed by atoms with Gasteiger partial charge in [-0.2, -0.15) is 0 Å². The Bertz CT molecular complexity index is 861. The molecule has 0 bridgehead atoms. The first-order valence-electron chi connectivity index (χ1n) is 9.31. The van der Waals surface area contributed by atoms with E-state index < -0.39 is 0 Å². The lowest BCUT2D eigenvalue weighted by molar-refractivity contribution is 0.0801. The van der Waals surface area contributed by atoms with E-state index in [2.05, 4.69) is 33.4 Å². The lowest BCUT2D eigenvalue weighted by Gasteiger charge is -2.22. The van der Waals surface area contributed by atoms with Crippen molar-refractivity contribution in [3.05, 3.63) is 18.5 Å². The Labute approximate surface area is 147 Å². The molecule has 0 N–H and O–H groups in total. The second-order valence-electron chi connectivity index (χ2n) is 6.83. The van der Waals surface area contributed by atoms with Crippen molar-refractivity contribution in [2.45, 2.75) is 58.2 Å². The fraction of sp³-hybridized carbons (Fsp3) is 0.579. The number of methoxy groups -OCH3 is 1. The van der Waals surface area contributed by atoms with Gasteiger partial charge in [0.25, 0.3) is 0 Å². The molecule has 0 amide bonds. The Hall–Kier alpha value is -2.08. The minimum atomic E-state index is 0.449. The number of nitrogens with zero attached hydrogens (tertiary/aromatic N) is 4. The van der Waals surface area contributed by atoms with E-state index in [9.17, 15) is 0 Å². The molecule has 1 aliphatic rings. The smallest absolute Gasteiger partial charge is 0.242 e. The molecular formula is C19H26N4O2. The summed E-state index contributed by atoms with van der Waals surface area (Å²) >= 11 is 0. The van der Waals surface area contributed by atoms with Crippen LogP contribution in [0.4, 0.5) is 0 Å². The van der Waals surface area contributed by atoms with Gasteiger partial charge in [0.05, 0.1) is 24.1 Å². The fourth-order valence-corrected chi connectivity index (χ4v) is 3.88. The molecule has 25 heavy (non-hydrogen) atoms. The van der Waals surface area contributed by atoms with Gasteiger partial charge in [0.1, 0.15) is 12.4 Å². The average molecular weight is 342 g/mol. The number of pyridine rings is 1. The van der Waals surface area contributed by atoms with E-state index in [0.29, 0.717) is 18.7 Å². The molecule has 3 heterocycles. The first-order valence-corrected chi connectivity index (χ1v) is 9.31. The van der Waals surface area contributed by atoms with Crippen LogP contribution in [0, 0.1) is 0 Å². The van der Waals surface area contributed by atoms with Gasteiger partial charge in [-0.25, -0.2) is 4.98 Å². The van der Waals surface area contributed by atoms with Crippen molar-refractivity contribution < 1.29 is 9.47 Å². The number of fused-ring (bicyclic) bond motifs is 3. The largest absolute Gasteiger partial charge is 0.479 e. The molecule has 6 nitrogen and oxygen atoms in total. The van der Waals surface area contributed by atoms with Crippen LogP contribution in [0.5, 0.6) is 5.88 Å². The molecule has 1 saturated carbocycles. The SMILES string of the molecule is CCCOCn1ccc2c1ncc1c(OC)nn(C3CCCCC3)c12. The lowest BCUT2D eigenvalue weighted by atomic mass is 9.95. The molecule has 4 rings (SSSR count). The van der Waals surface area contributed by atoms with Crippen LogP contribution in [-0.2, 0) is 11.5 Å². The molecule has 0 saturated heterocycles. The summed E-state index contributed by atoms with van der Waals surface area (Å²) in [5, 5.41) is 6.90. The third-order valence-electron chi connectivity index (χ3n) is 5.11. The first-order chi connectivity index (χ1) is 12.3. The second-order valence-corrected chi connectivity index (χ2v) is 6.83. The summed E-state index contributed by atoms with van der Waals surface area (Å²) in [5.74, 6) is 0.671. The van der Waals surface area contributed by atoms with Crippen molar-refractivity contribution in [3.8, 4) is 5.88 Å². The summed E-state index contributed by atoms with van der Waals surface area (Å²) < 4.78 is 15.5. The van der Waals surface area contributed by atoms with Crippen molar-refractivity contribution in [1.29, 1.82) is 0 Å². The van der Waals surface area contributed by atoms with Crippen LogP contribution in [0.2, 0.25) is 0 Å². The topological polar surface area (TPSA) is 54.1 Å². The molecule has 0 unspecified atom stereocenters. The molecule has 3 aromatic heterocycles. The zero-order chi connectivity index (χ0) is 17.2. The normalized spacial score (nSPS) is 16.1. The summed E-state index contributed by atoms with van der Waals surface area (Å²) in [7, 11) is 1.68. The minimum absolute atomic E-state index is 0.449. The first kappa shape index (κ1) is 16.4. The minimum Gasteiger partial charge on any atom is -0.479 e. The standard InChI is InChI=1S/C19H26N4O2/c1-3-11-25-13-22-10-9-15-17-16(12-20-18(15)22)19(24-2)21-23(17)14-7-5-4-6-8-14/h9-10,12,14H,3-8,11,13H2,1-2H3. The van der Waals surface area contributed by atoms with Gasteiger partial charge in [0.2, 0.25) is 5.88 Å². The van der Waals surface area contributed by atoms with E-state index >= 15 is 0 Å². The van der Waals surface area contributed by atoms with E-state index in [1.807, 2.05) is 6.20 Å². The van der Waals surface area contributed by atoms with Crippen LogP contribution in [0.3, 0.4) is 0 Å². The maximum absolute atomic E-state index is 5.70. The van der Waals surface area contributed by atoms with Crippen molar-refractivity contribution in [1.82, 2.24) is 19.3 Å². The van der Waals surface area contributed by atoms with Crippen LogP contribution in [0.25, 0.3) is 21.9 Å². The van der Waals surface area contributed by atoms with Gasteiger partial charge in [-0.1, -0.05) is 26.2 Å². The Morgan fingerprint density at radius 1 is 1.20 bits per heavy atom. The van der Waals surface area contributed by atoms with Gasteiger partial charge < -0.3 is 14.0 Å². The number of hydrogen-bond acceptors (Lipinski definition) is 4. The third-order valence-corrected chi connectivity index (χ3v) is 5.11. The van der Waals surface area contributed by atoms with E-state index in [0.717, 1.165) is 35.0 Å². The molecule has 1 fully saturated rings. The fourth-order valence-electron chi connectivity index (χ4n) is 3.88. The van der Waals surface area contributed by atoms with Gasteiger partial charge in [-0.15, -0.1) is 5.10 Å². The zero-order valence-corrected chi connectivity index (χ0v) is 15.1. The Balaban J connectivity index is 1.82. The van der Waals surface area contributed by atoms with E-state index in [-0.39, 0.29) is 0 Å². The van der Waals surface area contributed by atoms with Crippen molar-refractivity contribution >= 4 is 21.9 Å². The maximum Gasteiger partial charge on any atom is 0.242 e. The summed E-state index contributed by atoms with van der Waals surface area (Å²) in [6, 6.07) is 2.57. The van der Waals surface area contributed by atoms with Crippen LogP contribution in [0.15, 0.2) is 18.5 Å². The highest BCUT2D eigenvalue weighted by atomic mass is 16.5. The third kappa shape index (κ3) is 2.88. The predicted octanol–water partition coefficient (Wildman–Crippen LogP) is 4.28. The molecular weight excluding hydrogens is 316 g/mol. The number of aromatic nitrogens is 4. The van der Waals surface area contributed by atoms with E-state index in [1.165, 1.54) is 32.1 Å². The average Bonchev–Trinajstić information content (AvgIpc) is 3.23. The molecule has 0 aromatic carbocycles. The molecule has 3 aromatic rings. The Morgan fingerprint density at radius 2 is 2.04 bits per heavy atom.